The number of ether oxygens (including phenoxy) is 2. The normalized spacial score (nSPS) is 22.2. The fourth-order valence-corrected chi connectivity index (χ4v) is 4.72. The molecule has 5 rings (SSSR count). The Hall–Kier alpha value is -5.08. The summed E-state index contributed by atoms with van der Waals surface area (Å²) >= 11 is 0. The number of rotatable bonds is 6. The Labute approximate surface area is 242 Å². The van der Waals surface area contributed by atoms with Crippen LogP contribution < -0.4 is 5.43 Å². The van der Waals surface area contributed by atoms with E-state index in [1.165, 1.54) is 24.3 Å². The van der Waals surface area contributed by atoms with Crippen LogP contribution in [0.15, 0.2) is 69.9 Å². The quantitative estimate of drug-likeness (QED) is 0.0905. The minimum Gasteiger partial charge on any atom is -0.508 e. The number of phenolic OH excluding ortho intramolecular Hbond substituents is 5. The van der Waals surface area contributed by atoms with Crippen molar-refractivity contribution < 1.29 is 59.5 Å². The summed E-state index contributed by atoms with van der Waals surface area (Å²) in [6.45, 7) is -0.617. The Morgan fingerprint density at radius 2 is 1.53 bits per heavy atom. The van der Waals surface area contributed by atoms with Crippen molar-refractivity contribution >= 4 is 23.0 Å². The lowest BCUT2D eigenvalue weighted by Gasteiger charge is -2.40. The third-order valence-electron chi connectivity index (χ3n) is 6.92. The van der Waals surface area contributed by atoms with Gasteiger partial charge in [-0.05, 0) is 42.0 Å². The second-order valence-electron chi connectivity index (χ2n) is 9.84. The Kier molecular flexibility index (Phi) is 7.98. The number of aliphatic hydroxyl groups excluding tert-OH is 3. The fourth-order valence-electron chi connectivity index (χ4n) is 4.72. The van der Waals surface area contributed by atoms with Gasteiger partial charge in [-0.15, -0.1) is 0 Å². The zero-order valence-corrected chi connectivity index (χ0v) is 22.1. The minimum atomic E-state index is -1.93. The Bertz CT molecular complexity index is 1760. The summed E-state index contributed by atoms with van der Waals surface area (Å²) in [5, 5.41) is 81.4. The highest BCUT2D eigenvalue weighted by atomic mass is 16.6. The standard InChI is InChI=1S/C30H26O13/c31-15-5-1-13(2-6-15)3-8-22(36)41-12-21-25(37)27(39)28(40)30(43-21)24-26(38)23-19(35)10-16(32)11-20(23)42-29(24)14-4-7-17(33)18(34)9-14/h1-11,21,25,27-28,30-35,37,39-40H,12H2/b8-3+/t21-,25-,27+,28-,30+/m1/s1. The molecule has 1 aromatic heterocycles. The summed E-state index contributed by atoms with van der Waals surface area (Å²) in [4.78, 5) is 26.1. The number of esters is 1. The molecule has 1 aliphatic rings. The number of hydrogen-bond donors (Lipinski definition) is 8. The average molecular weight is 595 g/mol. The molecule has 224 valence electrons. The van der Waals surface area contributed by atoms with Crippen LogP contribution in [0.4, 0.5) is 0 Å². The monoisotopic (exact) mass is 594 g/mol. The number of benzene rings is 3. The molecule has 3 aromatic carbocycles. The second kappa shape index (κ2) is 11.7. The summed E-state index contributed by atoms with van der Waals surface area (Å²) in [5.41, 5.74) is -1.08. The van der Waals surface area contributed by atoms with Crippen LogP contribution in [0.2, 0.25) is 0 Å². The third kappa shape index (κ3) is 5.82. The zero-order chi connectivity index (χ0) is 31.0. The van der Waals surface area contributed by atoms with E-state index >= 15 is 0 Å². The van der Waals surface area contributed by atoms with E-state index in [9.17, 15) is 50.4 Å². The zero-order valence-electron chi connectivity index (χ0n) is 22.1. The molecule has 4 aromatic rings. The smallest absolute Gasteiger partial charge is 0.330 e. The van der Waals surface area contributed by atoms with Crippen LogP contribution in [0.1, 0.15) is 17.2 Å². The highest BCUT2D eigenvalue weighted by Crippen LogP contribution is 2.41. The molecule has 0 bridgehead atoms. The molecule has 0 unspecified atom stereocenters. The van der Waals surface area contributed by atoms with Gasteiger partial charge < -0.3 is 54.7 Å². The maximum Gasteiger partial charge on any atom is 0.330 e. The molecule has 0 amide bonds. The number of fused-ring (bicyclic) bond motifs is 1. The maximum absolute atomic E-state index is 13.8. The summed E-state index contributed by atoms with van der Waals surface area (Å²) in [6.07, 6.45) is -6.30. The average Bonchev–Trinajstić information content (AvgIpc) is 2.96. The van der Waals surface area contributed by atoms with Crippen molar-refractivity contribution in [1.82, 2.24) is 0 Å². The summed E-state index contributed by atoms with van der Waals surface area (Å²) < 4.78 is 16.8. The fraction of sp³-hybridized carbons (Fsp3) is 0.200. The van der Waals surface area contributed by atoms with Crippen LogP contribution in [-0.2, 0) is 14.3 Å². The predicted octanol–water partition coefficient (Wildman–Crippen LogP) is 1.77. The van der Waals surface area contributed by atoms with Gasteiger partial charge in [-0.1, -0.05) is 12.1 Å². The first-order chi connectivity index (χ1) is 20.4. The molecule has 5 atom stereocenters. The van der Waals surface area contributed by atoms with Gasteiger partial charge in [0.05, 0.1) is 5.56 Å². The minimum absolute atomic E-state index is 0.00545. The molecule has 0 aliphatic carbocycles. The molecule has 8 N–H and O–H groups in total. The second-order valence-corrected chi connectivity index (χ2v) is 9.84. The van der Waals surface area contributed by atoms with Gasteiger partial charge >= 0.3 is 5.97 Å². The van der Waals surface area contributed by atoms with Crippen molar-refractivity contribution in [3.05, 3.63) is 82.0 Å². The van der Waals surface area contributed by atoms with Gasteiger partial charge in [0.2, 0.25) is 5.43 Å². The lowest BCUT2D eigenvalue weighted by molar-refractivity contribution is -0.234. The van der Waals surface area contributed by atoms with Crippen molar-refractivity contribution in [3.8, 4) is 40.1 Å². The van der Waals surface area contributed by atoms with E-state index in [-0.39, 0.29) is 22.7 Å². The van der Waals surface area contributed by atoms with Gasteiger partial charge in [0.25, 0.3) is 0 Å². The molecular formula is C30H26O13. The lowest BCUT2D eigenvalue weighted by Crippen LogP contribution is -2.56. The maximum atomic E-state index is 13.8. The molecule has 2 heterocycles. The van der Waals surface area contributed by atoms with E-state index in [0.717, 1.165) is 30.3 Å². The summed E-state index contributed by atoms with van der Waals surface area (Å²) in [5.74, 6) is -3.31. The van der Waals surface area contributed by atoms with Gasteiger partial charge in [-0.3, -0.25) is 4.79 Å². The van der Waals surface area contributed by atoms with Crippen LogP contribution in [0.3, 0.4) is 0 Å². The van der Waals surface area contributed by atoms with Gasteiger partial charge in [-0.2, -0.15) is 0 Å². The van der Waals surface area contributed by atoms with Crippen molar-refractivity contribution in [1.29, 1.82) is 0 Å². The summed E-state index contributed by atoms with van der Waals surface area (Å²) in [7, 11) is 0. The highest BCUT2D eigenvalue weighted by molar-refractivity contribution is 5.88. The topological polar surface area (TPSA) is 228 Å². The largest absolute Gasteiger partial charge is 0.508 e. The molecule has 1 fully saturated rings. The number of aromatic hydroxyl groups is 5. The van der Waals surface area contributed by atoms with E-state index in [1.807, 2.05) is 0 Å². The van der Waals surface area contributed by atoms with Crippen molar-refractivity contribution in [2.45, 2.75) is 30.5 Å². The van der Waals surface area contributed by atoms with Crippen LogP contribution in [-0.4, -0.2) is 77.8 Å². The number of aliphatic hydroxyl groups is 3. The third-order valence-corrected chi connectivity index (χ3v) is 6.92. The molecule has 13 heteroatoms. The van der Waals surface area contributed by atoms with Crippen LogP contribution in [0.5, 0.6) is 28.7 Å². The molecule has 0 saturated carbocycles. The van der Waals surface area contributed by atoms with Gasteiger partial charge in [0, 0.05) is 23.8 Å². The first-order valence-corrected chi connectivity index (χ1v) is 12.8. The molecular weight excluding hydrogens is 568 g/mol. The number of phenols is 5. The van der Waals surface area contributed by atoms with Crippen molar-refractivity contribution in [2.24, 2.45) is 0 Å². The molecule has 1 saturated heterocycles. The Morgan fingerprint density at radius 1 is 0.814 bits per heavy atom. The Morgan fingerprint density at radius 3 is 2.23 bits per heavy atom. The van der Waals surface area contributed by atoms with Crippen LogP contribution >= 0.6 is 0 Å². The molecule has 1 aliphatic heterocycles. The first-order valence-electron chi connectivity index (χ1n) is 12.8. The highest BCUT2D eigenvalue weighted by Gasteiger charge is 2.47. The van der Waals surface area contributed by atoms with E-state index in [1.54, 1.807) is 12.1 Å². The predicted molar refractivity (Wildman–Crippen MR) is 148 cm³/mol. The lowest BCUT2D eigenvalue weighted by atomic mass is 9.89. The SMILES string of the molecule is O=C(/C=C/c1ccc(O)cc1)OC[C@H]1O[C@@H](c2c(-c3ccc(O)c(O)c3)oc3cc(O)cc(O)c3c2=O)[C@H](O)[C@@H](O)[C@@H]1O. The van der Waals surface area contributed by atoms with E-state index in [4.69, 9.17) is 13.9 Å². The first kappa shape index (κ1) is 29.4. The molecule has 0 radical (unpaired) electrons. The van der Waals surface area contributed by atoms with Gasteiger partial charge in [-0.25, -0.2) is 4.79 Å². The van der Waals surface area contributed by atoms with Crippen molar-refractivity contribution in [2.75, 3.05) is 6.61 Å². The molecule has 0 spiro atoms. The van der Waals surface area contributed by atoms with Crippen LogP contribution in [0.25, 0.3) is 28.4 Å². The van der Waals surface area contributed by atoms with E-state index < -0.39 is 82.5 Å². The van der Waals surface area contributed by atoms with E-state index in [2.05, 4.69) is 0 Å². The molecule has 13 nitrogen and oxygen atoms in total. The number of carbonyl (C=O) groups excluding carboxylic acids is 1. The number of carbonyl (C=O) groups is 1. The van der Waals surface area contributed by atoms with Gasteiger partial charge in [0.15, 0.2) is 11.5 Å². The Balaban J connectivity index is 1.51. The molecule has 43 heavy (non-hydrogen) atoms. The van der Waals surface area contributed by atoms with Crippen LogP contribution in [0, 0.1) is 0 Å². The van der Waals surface area contributed by atoms with E-state index in [0.29, 0.717) is 5.56 Å². The van der Waals surface area contributed by atoms with Crippen molar-refractivity contribution in [3.63, 3.8) is 0 Å². The number of hydrogen-bond acceptors (Lipinski definition) is 13. The summed E-state index contributed by atoms with van der Waals surface area (Å²) in [6, 6.07) is 11.3. The van der Waals surface area contributed by atoms with Gasteiger partial charge in [0.1, 0.15) is 71.1 Å².